The Balaban J connectivity index is 1.03. The van der Waals surface area contributed by atoms with Crippen molar-refractivity contribution in [3.8, 4) is 18.1 Å². The smallest absolute Gasteiger partial charge is 0.340 e. The van der Waals surface area contributed by atoms with E-state index in [0.717, 1.165) is 0 Å². The van der Waals surface area contributed by atoms with Gasteiger partial charge < -0.3 is 68.1 Å². The second-order valence-corrected chi connectivity index (χ2v) is 16.2. The van der Waals surface area contributed by atoms with E-state index < -0.39 is 52.2 Å². The van der Waals surface area contributed by atoms with Crippen molar-refractivity contribution in [1.29, 1.82) is 0 Å². The Bertz CT molecular complexity index is 1790. The molecule has 2 aliphatic heterocycles. The minimum Gasteiger partial charge on any atom is -0.488 e. The molecule has 0 bridgehead atoms. The zero-order valence-electron chi connectivity index (χ0n) is 28.7. The van der Waals surface area contributed by atoms with Gasteiger partial charge in [0.25, 0.3) is 0 Å². The van der Waals surface area contributed by atoms with Crippen molar-refractivity contribution < 1.29 is 67.0 Å². The second-order valence-electron chi connectivity index (χ2n) is 11.9. The van der Waals surface area contributed by atoms with Crippen LogP contribution in [-0.2, 0) is 37.3 Å². The van der Waals surface area contributed by atoms with Crippen LogP contribution < -0.4 is 15.0 Å². The molecule has 3 aromatic heterocycles. The highest BCUT2D eigenvalue weighted by atomic mass is 35.5. The number of rotatable bonds is 23. The molecule has 3 aromatic rings. The zero-order valence-corrected chi connectivity index (χ0v) is 31.2. The summed E-state index contributed by atoms with van der Waals surface area (Å²) in [5, 5.41) is 29.0. The van der Waals surface area contributed by atoms with Gasteiger partial charge in [0.15, 0.2) is 23.5 Å². The molecule has 2 aliphatic rings. The molecule has 22 nitrogen and oxygen atoms in total. The number of ether oxygens (including phenoxy) is 6. The summed E-state index contributed by atoms with van der Waals surface area (Å²) in [7, 11) is -9.60. The van der Waals surface area contributed by atoms with Gasteiger partial charge in [-0.1, -0.05) is 5.92 Å². The van der Waals surface area contributed by atoms with Crippen LogP contribution in [0.1, 0.15) is 6.23 Å². The maximum absolute atomic E-state index is 12.0. The molecule has 1 unspecified atom stereocenters. The lowest BCUT2D eigenvalue weighted by atomic mass is 10.1. The third-order valence-electron chi connectivity index (χ3n) is 7.73. The lowest BCUT2D eigenvalue weighted by Gasteiger charge is -2.39. The number of nitrogens with zero attached hydrogens (tertiary/aromatic N) is 7. The average molecular weight is 823 g/mol. The van der Waals surface area contributed by atoms with Gasteiger partial charge in [0, 0.05) is 13.1 Å². The van der Waals surface area contributed by atoms with Crippen LogP contribution in [0.3, 0.4) is 0 Å². The fourth-order valence-electron chi connectivity index (χ4n) is 5.21. The molecule has 25 heteroatoms. The first kappa shape index (κ1) is 42.1. The fraction of sp³-hybridized carbons (Fsp3) is 0.621. The van der Waals surface area contributed by atoms with Crippen LogP contribution in [0.25, 0.3) is 11.0 Å². The summed E-state index contributed by atoms with van der Waals surface area (Å²) >= 11 is 6.23. The monoisotopic (exact) mass is 822 g/mol. The molecule has 0 saturated carbocycles. The van der Waals surface area contributed by atoms with Gasteiger partial charge in [-0.3, -0.25) is 9.13 Å². The molecule has 0 spiro atoms. The molecule has 0 radical (unpaired) electrons. The molecule has 5 heterocycles. The minimum absolute atomic E-state index is 0.0893. The molecule has 6 N–H and O–H groups in total. The van der Waals surface area contributed by atoms with Crippen molar-refractivity contribution in [2.24, 2.45) is 0 Å². The SMILES string of the molecule is C#CCOCCOCCOCCOCCOc1cnc(N2CC(Nc3nc(Cl)nc4c3cnn4[C@@H]3O[C@H](COP(=O)(O)CP(=O)(O)O)[C@@H](O)[C@H]3O)C2)nc1. The van der Waals surface area contributed by atoms with Crippen molar-refractivity contribution in [2.45, 2.75) is 30.6 Å². The Morgan fingerprint density at radius 1 is 0.926 bits per heavy atom. The van der Waals surface area contributed by atoms with Crippen LogP contribution >= 0.6 is 26.8 Å². The molecule has 2 saturated heterocycles. The summed E-state index contributed by atoms with van der Waals surface area (Å²) in [5.41, 5.74) is 0.152. The number of aromatic nitrogens is 6. The second kappa shape index (κ2) is 19.7. The third kappa shape index (κ3) is 12.2. The molecule has 2 fully saturated rings. The van der Waals surface area contributed by atoms with E-state index in [9.17, 15) is 24.2 Å². The summed E-state index contributed by atoms with van der Waals surface area (Å²) in [6.07, 6.45) is 3.78. The Morgan fingerprint density at radius 2 is 1.56 bits per heavy atom. The molecule has 5 rings (SSSR count). The molecule has 5 atom stereocenters. The summed E-state index contributed by atoms with van der Waals surface area (Å²) in [6, 6.07) is -0.0893. The molecule has 0 aromatic carbocycles. The Hall–Kier alpha value is -3.10. The van der Waals surface area contributed by atoms with Crippen LogP contribution in [0.5, 0.6) is 5.75 Å². The van der Waals surface area contributed by atoms with Crippen molar-refractivity contribution in [2.75, 3.05) is 95.3 Å². The van der Waals surface area contributed by atoms with E-state index in [1.54, 1.807) is 12.4 Å². The predicted molar refractivity (Wildman–Crippen MR) is 188 cm³/mol. The number of halogens is 1. The summed E-state index contributed by atoms with van der Waals surface area (Å²) in [5.74, 6) is 2.30. The van der Waals surface area contributed by atoms with Crippen molar-refractivity contribution in [1.82, 2.24) is 29.7 Å². The Morgan fingerprint density at radius 3 is 2.19 bits per heavy atom. The van der Waals surface area contributed by atoms with Crippen LogP contribution in [-0.4, -0.2) is 164 Å². The van der Waals surface area contributed by atoms with E-state index in [-0.39, 0.29) is 23.6 Å². The quantitative estimate of drug-likeness (QED) is 0.0307. The summed E-state index contributed by atoms with van der Waals surface area (Å²) < 4.78 is 61.8. The lowest BCUT2D eigenvalue weighted by molar-refractivity contribution is -0.0541. The first-order valence-corrected chi connectivity index (χ1v) is 20.4. The van der Waals surface area contributed by atoms with Gasteiger partial charge in [-0.05, 0) is 11.6 Å². The molecular weight excluding hydrogens is 782 g/mol. The van der Waals surface area contributed by atoms with Gasteiger partial charge >= 0.3 is 15.2 Å². The van der Waals surface area contributed by atoms with Gasteiger partial charge in [0.1, 0.15) is 37.3 Å². The van der Waals surface area contributed by atoms with E-state index >= 15 is 0 Å². The molecule has 0 amide bonds. The van der Waals surface area contributed by atoms with Gasteiger partial charge in [0.05, 0.1) is 82.9 Å². The highest BCUT2D eigenvalue weighted by molar-refractivity contribution is 7.70. The van der Waals surface area contributed by atoms with Crippen LogP contribution in [0.4, 0.5) is 11.8 Å². The number of terminal acetylenes is 1. The first-order chi connectivity index (χ1) is 25.8. The number of fused-ring (bicyclic) bond motifs is 1. The molecule has 298 valence electrons. The Labute approximate surface area is 313 Å². The van der Waals surface area contributed by atoms with Gasteiger partial charge in [-0.2, -0.15) is 15.1 Å². The average Bonchev–Trinajstić information content (AvgIpc) is 3.64. The number of nitrogens with one attached hydrogen (secondary N) is 1. The normalized spacial score (nSPS) is 21.5. The molecule has 0 aliphatic carbocycles. The minimum atomic E-state index is -4.87. The number of anilines is 2. The predicted octanol–water partition coefficient (Wildman–Crippen LogP) is -0.395. The largest absolute Gasteiger partial charge is 0.488 e. The van der Waals surface area contributed by atoms with Gasteiger partial charge in [-0.25, -0.2) is 14.6 Å². The topological polar surface area (TPSA) is 285 Å². The van der Waals surface area contributed by atoms with Crippen molar-refractivity contribution >= 4 is 49.6 Å². The lowest BCUT2D eigenvalue weighted by Crippen LogP contribution is -2.55. The van der Waals surface area contributed by atoms with Crippen LogP contribution in [0.15, 0.2) is 18.6 Å². The summed E-state index contributed by atoms with van der Waals surface area (Å²) in [4.78, 5) is 46.9. The highest BCUT2D eigenvalue weighted by Gasteiger charge is 2.46. The van der Waals surface area contributed by atoms with Crippen molar-refractivity contribution in [3.05, 3.63) is 23.9 Å². The zero-order chi connectivity index (χ0) is 38.7. The third-order valence-corrected chi connectivity index (χ3v) is 11.4. The highest BCUT2D eigenvalue weighted by Crippen LogP contribution is 2.55. The number of aliphatic hydroxyl groups excluding tert-OH is 2. The maximum Gasteiger partial charge on any atom is 0.340 e. The van der Waals surface area contributed by atoms with E-state index in [0.29, 0.717) is 88.8 Å². The molecule has 54 heavy (non-hydrogen) atoms. The van der Waals surface area contributed by atoms with E-state index in [1.807, 2.05) is 4.90 Å². The van der Waals surface area contributed by atoms with Crippen LogP contribution in [0, 0.1) is 12.3 Å². The van der Waals surface area contributed by atoms with E-state index in [2.05, 4.69) is 36.3 Å². The molecular formula is C29H41ClN8O14P2. The fourth-order valence-corrected chi connectivity index (χ4v) is 7.94. The van der Waals surface area contributed by atoms with Gasteiger partial charge in [-0.15, -0.1) is 6.42 Å². The number of aliphatic hydroxyl groups is 2. The van der Waals surface area contributed by atoms with E-state index in [4.69, 9.17) is 60.8 Å². The van der Waals surface area contributed by atoms with Gasteiger partial charge in [0.2, 0.25) is 11.2 Å². The summed E-state index contributed by atoms with van der Waals surface area (Å²) in [6.45, 7) is 3.86. The number of hydrogen-bond acceptors (Lipinski definition) is 18. The van der Waals surface area contributed by atoms with E-state index in [1.165, 1.54) is 10.9 Å². The maximum atomic E-state index is 12.0. The Kier molecular flexibility index (Phi) is 15.3. The number of hydrogen-bond donors (Lipinski definition) is 6. The van der Waals surface area contributed by atoms with Crippen molar-refractivity contribution in [3.63, 3.8) is 0 Å². The standard InChI is InChI=1S/C29H41ClN8O14P2/c1-2-3-46-4-5-47-6-7-48-8-9-49-10-11-50-20-12-31-29(32-13-20)37-15-19(16-37)34-25-21-14-33-38(26(21)36-28(30)35-25)27-24(40)23(39)22(52-27)17-51-54(44,45)18-53(41,42)43/h1,12-14,19,22-24,27,39-40H,3-11,15-18H2,(H,44,45)(H,34,35,36)(H2,41,42,43)/t22-,23-,24-,27-/m1/s1. The first-order valence-electron chi connectivity index (χ1n) is 16.5. The van der Waals surface area contributed by atoms with Crippen LogP contribution in [0.2, 0.25) is 5.28 Å².